The van der Waals surface area contributed by atoms with Gasteiger partial charge in [0.15, 0.2) is 11.5 Å². The highest BCUT2D eigenvalue weighted by Crippen LogP contribution is 2.47. The summed E-state index contributed by atoms with van der Waals surface area (Å²) in [5.41, 5.74) is 8.52. The molecule has 0 aliphatic carbocycles. The van der Waals surface area contributed by atoms with E-state index >= 15 is 8.78 Å². The van der Waals surface area contributed by atoms with E-state index < -0.39 is 105 Å². The number of esters is 1. The maximum Gasteiger partial charge on any atom is 0.418 e. The normalized spacial score (nSPS) is 21.5. The summed E-state index contributed by atoms with van der Waals surface area (Å²) < 4.78 is 102. The van der Waals surface area contributed by atoms with Gasteiger partial charge in [0.05, 0.1) is 64.2 Å². The highest BCUT2D eigenvalue weighted by Gasteiger charge is 2.49. The van der Waals surface area contributed by atoms with Gasteiger partial charge in [-0.05, 0) is 173 Å². The van der Waals surface area contributed by atoms with Crippen LogP contribution in [-0.4, -0.2) is 251 Å². The molecule has 628 valence electrons. The molecule has 5 saturated heterocycles. The highest BCUT2D eigenvalue weighted by atomic mass is 35.5. The number of cyclic esters (lactones) is 1. The number of benzene rings is 2. The number of rotatable bonds is 16. The summed E-state index contributed by atoms with van der Waals surface area (Å²) in [6.07, 6.45) is 0.335. The van der Waals surface area contributed by atoms with Crippen LogP contribution in [0.3, 0.4) is 0 Å². The van der Waals surface area contributed by atoms with Gasteiger partial charge in [-0.2, -0.15) is 23.1 Å². The molecular weight excluding hydrogens is 1520 g/mol. The molecular formula is C84H110ClF5N16O10. The van der Waals surface area contributed by atoms with E-state index in [9.17, 15) is 41.9 Å². The number of anilines is 3. The van der Waals surface area contributed by atoms with Gasteiger partial charge in [-0.1, -0.05) is 51.8 Å². The first-order valence-corrected chi connectivity index (χ1v) is 40.2. The molecule has 5 fully saturated rings. The molecule has 0 saturated carbocycles. The summed E-state index contributed by atoms with van der Waals surface area (Å²) in [5, 5.41) is 5.30. The second kappa shape index (κ2) is 35.9. The lowest BCUT2D eigenvalue weighted by Crippen LogP contribution is -2.63. The number of aryl methyl sites for hydroxylation is 2. The van der Waals surface area contributed by atoms with Crippen molar-refractivity contribution in [3.63, 3.8) is 0 Å². The first-order valence-electron chi connectivity index (χ1n) is 39.8. The van der Waals surface area contributed by atoms with Crippen LogP contribution in [0.1, 0.15) is 136 Å². The monoisotopic (exact) mass is 1630 g/mol. The molecule has 0 spiro atoms. The van der Waals surface area contributed by atoms with Crippen LogP contribution < -0.4 is 31.0 Å². The predicted octanol–water partition coefficient (Wildman–Crippen LogP) is 10.4. The number of fused-ring (bicyclic) bond motifs is 7. The van der Waals surface area contributed by atoms with Crippen LogP contribution in [0.4, 0.5) is 39.3 Å². The van der Waals surface area contributed by atoms with Gasteiger partial charge in [-0.3, -0.25) is 43.7 Å². The van der Waals surface area contributed by atoms with E-state index in [1.165, 1.54) is 36.0 Å². The van der Waals surface area contributed by atoms with Crippen molar-refractivity contribution >= 4 is 86.2 Å². The molecule has 116 heavy (non-hydrogen) atoms. The molecule has 6 bridgehead atoms. The molecule has 4 aromatic heterocycles. The Morgan fingerprint density at radius 2 is 1.67 bits per heavy atom. The second-order valence-corrected chi connectivity index (χ2v) is 33.5. The number of hydrazine groups is 1. The average Bonchev–Trinajstić information content (AvgIpc) is 1.51. The van der Waals surface area contributed by atoms with E-state index in [2.05, 4.69) is 104 Å². The number of piperazine rings is 1. The van der Waals surface area contributed by atoms with E-state index in [0.717, 1.165) is 69.5 Å². The van der Waals surface area contributed by atoms with E-state index in [1.54, 1.807) is 32.1 Å². The number of amides is 5. The lowest BCUT2D eigenvalue weighted by atomic mass is 9.84. The van der Waals surface area contributed by atoms with Gasteiger partial charge >= 0.3 is 18.2 Å². The van der Waals surface area contributed by atoms with Crippen LogP contribution >= 0.6 is 11.6 Å². The SMILES string of the molecule is C=CC(=O)N1CCN(c2nc(OCC3CCCN3C)nc3c(F)c(-c4nc(N)cc(C)c4C(F)(F)F)c(Cl)cc23)C(C)C1.CCn1c(-c2cccnc2C(C)OC)c2c3cc(ccc31)N1CCOC(CC(NC(=O)C(C(C)C)N(C)C(=O)C3(F)CCN(C(=O)C#CC(C)(C)N(C)C)CC3)C(=O)N3CCCC(N3)C(=O)OCC(C)(C)C2)C1. The number of hydrogen-bond acceptors (Lipinski definition) is 20. The van der Waals surface area contributed by atoms with Gasteiger partial charge in [0.2, 0.25) is 11.8 Å². The molecule has 4 N–H and O–H groups in total. The molecule has 2 aromatic carbocycles. The number of carbonyl (C=O) groups is 6. The fourth-order valence-electron chi connectivity index (χ4n) is 16.4. The first-order chi connectivity index (χ1) is 54.8. The lowest BCUT2D eigenvalue weighted by molar-refractivity contribution is -0.156. The number of aromatic nitrogens is 5. The van der Waals surface area contributed by atoms with Crippen molar-refractivity contribution in [2.24, 2.45) is 11.3 Å². The average molecular weight is 1630 g/mol. The summed E-state index contributed by atoms with van der Waals surface area (Å²) in [4.78, 5) is 113. The number of piperidine rings is 1. The minimum atomic E-state index is -4.86. The second-order valence-electron chi connectivity index (χ2n) is 33.1. The van der Waals surface area contributed by atoms with Crippen LogP contribution in [0.5, 0.6) is 6.01 Å². The number of methoxy groups -OCH3 is 1. The molecule has 7 unspecified atom stereocenters. The third-order valence-corrected chi connectivity index (χ3v) is 23.7. The highest BCUT2D eigenvalue weighted by molar-refractivity contribution is 6.34. The molecule has 32 heteroatoms. The van der Waals surface area contributed by atoms with E-state index in [0.29, 0.717) is 65.1 Å². The quantitative estimate of drug-likeness (QED) is 0.0352. The Morgan fingerprint density at radius 1 is 0.948 bits per heavy atom. The molecule has 6 aromatic rings. The third-order valence-electron chi connectivity index (χ3n) is 23.4. The smallest absolute Gasteiger partial charge is 0.418 e. The van der Waals surface area contributed by atoms with Crippen molar-refractivity contribution in [2.75, 3.05) is 130 Å². The van der Waals surface area contributed by atoms with Gasteiger partial charge in [-0.15, -0.1) is 0 Å². The van der Waals surface area contributed by atoms with Crippen molar-refractivity contribution in [3.8, 4) is 40.4 Å². The Bertz CT molecular complexity index is 4750. The van der Waals surface area contributed by atoms with Crippen molar-refractivity contribution in [3.05, 3.63) is 94.5 Å². The van der Waals surface area contributed by atoms with Crippen LogP contribution in [-0.2, 0) is 62.1 Å². The number of halogens is 6. The summed E-state index contributed by atoms with van der Waals surface area (Å²) in [6, 6.07) is 9.50. The summed E-state index contributed by atoms with van der Waals surface area (Å²) >= 11 is 6.54. The number of likely N-dealkylation sites (N-methyl/N-ethyl adjacent to an activating group) is 2. The number of hydrogen-bond donors (Lipinski definition) is 3. The van der Waals surface area contributed by atoms with Crippen molar-refractivity contribution in [1.29, 1.82) is 0 Å². The lowest BCUT2D eigenvalue weighted by Gasteiger charge is -2.41. The molecule has 6 aliphatic heterocycles. The first kappa shape index (κ1) is 87.5. The van der Waals surface area contributed by atoms with Gasteiger partial charge in [0.25, 0.3) is 17.7 Å². The van der Waals surface area contributed by atoms with Gasteiger partial charge in [0.1, 0.15) is 41.9 Å². The van der Waals surface area contributed by atoms with Crippen molar-refractivity contribution in [2.45, 2.75) is 187 Å². The number of nitrogens with zero attached hydrogens (tertiary/aromatic N) is 13. The Kier molecular flexibility index (Phi) is 27.1. The fourth-order valence-corrected chi connectivity index (χ4v) is 16.7. The molecule has 10 heterocycles. The maximum absolute atomic E-state index is 16.8. The number of ether oxygens (including phenoxy) is 4. The number of pyridine rings is 2. The van der Waals surface area contributed by atoms with E-state index in [4.69, 9.17) is 41.3 Å². The molecule has 7 atom stereocenters. The van der Waals surface area contributed by atoms with Gasteiger partial charge in [-0.25, -0.2) is 19.2 Å². The number of alkyl halides is 4. The van der Waals surface area contributed by atoms with Gasteiger partial charge < -0.3 is 64.0 Å². The van der Waals surface area contributed by atoms with Crippen molar-refractivity contribution < 1.29 is 69.7 Å². The minimum absolute atomic E-state index is 0.0172. The van der Waals surface area contributed by atoms with Crippen LogP contribution in [0.2, 0.25) is 5.02 Å². The van der Waals surface area contributed by atoms with E-state index in [1.807, 2.05) is 64.7 Å². The zero-order valence-electron chi connectivity index (χ0n) is 69.1. The third kappa shape index (κ3) is 19.0. The number of likely N-dealkylation sites (tertiary alicyclic amines) is 2. The zero-order chi connectivity index (χ0) is 84.4. The number of nitrogen functional groups attached to an aromatic ring is 1. The number of morpholine rings is 1. The Balaban J connectivity index is 0.000000261. The number of carbonyl (C=O) groups excluding carboxylic acids is 6. The largest absolute Gasteiger partial charge is 0.464 e. The van der Waals surface area contributed by atoms with Crippen LogP contribution in [0.15, 0.2) is 61.3 Å². The van der Waals surface area contributed by atoms with Crippen molar-refractivity contribution in [1.82, 2.24) is 64.8 Å². The minimum Gasteiger partial charge on any atom is -0.464 e. The van der Waals surface area contributed by atoms with Crippen LogP contribution in [0, 0.1) is 35.9 Å². The molecule has 12 rings (SSSR count). The topological polar surface area (TPSA) is 272 Å². The Labute approximate surface area is 680 Å². The van der Waals surface area contributed by atoms with Crippen LogP contribution in [0.25, 0.3) is 44.3 Å². The summed E-state index contributed by atoms with van der Waals surface area (Å²) in [7, 11) is 8.80. The number of nitrogens with two attached hydrogens (primary N) is 1. The van der Waals surface area contributed by atoms with Gasteiger partial charge in [0, 0.05) is 144 Å². The zero-order valence-corrected chi connectivity index (χ0v) is 69.9. The standard InChI is InChI=1S/C55H78FN9O8.C29H32ClF4N7O2/c1-13-64-44-19-18-37-30-40(44)41(48(64)39-16-14-24-57-46(39)36(4)71-12)32-53(5,6)34-73-51(69)42-17-15-25-65(59-42)50(68)43(31-38-33-63(37)28-29-72-38)58-49(67)47(35(2)3)61(11)52(70)55(56)22-26-62(27-23-55)45(66)20-21-54(7,8)60(9)10;1-5-21(42)40-9-10-41(16(3)13-40)27-18-12-19(30)22(26-23(29(32,33)34)15(2)11-20(35)36-26)24(31)25(18)37-28(38-27)43-14-17-7-6-8-39(17)4/h14,16,18-19,24,30,35-36,38,42-43,47,59H,13,15,17,22-23,25-29,31-34H2,1-12H3,(H,58,67);5,11-12,16-17H,1,6-10,13-14H2,2-4H3,(H2,35,36). The predicted molar refractivity (Wildman–Crippen MR) is 434 cm³/mol. The Morgan fingerprint density at radius 3 is 2.33 bits per heavy atom. The molecule has 6 aliphatic rings. The summed E-state index contributed by atoms with van der Waals surface area (Å²) in [6.45, 7) is 26.8. The molecule has 5 amide bonds. The summed E-state index contributed by atoms with van der Waals surface area (Å²) in [5.74, 6) is 1.02. The number of nitrogens with one attached hydrogen (secondary N) is 2. The Hall–Kier alpha value is -9.32. The molecule has 0 radical (unpaired) electrons. The molecule has 26 nitrogen and oxygen atoms in total. The van der Waals surface area contributed by atoms with E-state index in [-0.39, 0.29) is 115 Å². The fraction of sp³-hybridized carbons (Fsp3) is 0.571. The maximum atomic E-state index is 16.8.